The van der Waals surface area contributed by atoms with E-state index in [2.05, 4.69) is 45.6 Å². The zero-order chi connectivity index (χ0) is 17.6. The van der Waals surface area contributed by atoms with E-state index in [1.807, 2.05) is 0 Å². The Labute approximate surface area is 155 Å². The van der Waals surface area contributed by atoms with Crippen molar-refractivity contribution in [3.8, 4) is 0 Å². The Morgan fingerprint density at radius 1 is 0.680 bits per heavy atom. The van der Waals surface area contributed by atoms with Gasteiger partial charge in [-0.15, -0.1) is 0 Å². The maximum atomic E-state index is 2.85. The molecule has 0 saturated carbocycles. The minimum atomic E-state index is 0.829. The molecule has 5 heteroatoms. The average Bonchev–Trinajstić information content (AvgIpc) is 2.62. The van der Waals surface area contributed by atoms with Gasteiger partial charge in [-0.3, -0.25) is 4.90 Å². The monoisotopic (exact) mass is 351 g/mol. The molecule has 3 aliphatic rings. The number of rotatable bonds is 6. The van der Waals surface area contributed by atoms with Crippen molar-refractivity contribution in [1.29, 1.82) is 0 Å². The highest BCUT2D eigenvalue weighted by Gasteiger charge is 2.31. The van der Waals surface area contributed by atoms with E-state index in [0.717, 1.165) is 12.0 Å². The van der Waals surface area contributed by atoms with Gasteiger partial charge in [0, 0.05) is 58.4 Å². The van der Waals surface area contributed by atoms with Crippen LogP contribution in [0.5, 0.6) is 0 Å². The highest BCUT2D eigenvalue weighted by Crippen LogP contribution is 2.27. The Balaban J connectivity index is 1.49. The van der Waals surface area contributed by atoms with Gasteiger partial charge in [-0.05, 0) is 72.4 Å². The molecule has 146 valence electrons. The van der Waals surface area contributed by atoms with Crippen LogP contribution in [0, 0.1) is 5.92 Å². The zero-order valence-corrected chi connectivity index (χ0v) is 17.0. The Morgan fingerprint density at radius 3 is 1.80 bits per heavy atom. The molecule has 1 atom stereocenters. The smallest absolute Gasteiger partial charge is 0.0126 e. The van der Waals surface area contributed by atoms with E-state index in [4.69, 9.17) is 0 Å². The van der Waals surface area contributed by atoms with Crippen molar-refractivity contribution in [2.75, 3.05) is 93.1 Å². The number of hydrogen-bond donors (Lipinski definition) is 0. The third-order valence-electron chi connectivity index (χ3n) is 6.88. The van der Waals surface area contributed by atoms with Gasteiger partial charge in [0.15, 0.2) is 0 Å². The third-order valence-corrected chi connectivity index (χ3v) is 6.88. The fraction of sp³-hybridized carbons (Fsp3) is 1.00. The highest BCUT2D eigenvalue weighted by atomic mass is 15.3. The molecule has 0 aliphatic carbocycles. The van der Waals surface area contributed by atoms with Gasteiger partial charge in [-0.25, -0.2) is 0 Å². The number of hydrogen-bond acceptors (Lipinski definition) is 5. The number of piperidine rings is 1. The lowest BCUT2D eigenvalue weighted by Crippen LogP contribution is -2.53. The molecule has 3 saturated heterocycles. The van der Waals surface area contributed by atoms with Crippen molar-refractivity contribution in [2.24, 2.45) is 5.92 Å². The molecule has 0 radical (unpaired) electrons. The summed E-state index contributed by atoms with van der Waals surface area (Å²) in [7, 11) is 6.81. The van der Waals surface area contributed by atoms with Crippen LogP contribution in [0.3, 0.4) is 0 Å². The van der Waals surface area contributed by atoms with Crippen molar-refractivity contribution in [3.63, 3.8) is 0 Å². The van der Waals surface area contributed by atoms with Crippen LogP contribution < -0.4 is 0 Å². The van der Waals surface area contributed by atoms with Crippen LogP contribution in [-0.4, -0.2) is 124 Å². The van der Waals surface area contributed by atoms with Gasteiger partial charge in [0.2, 0.25) is 0 Å². The van der Waals surface area contributed by atoms with E-state index in [0.29, 0.717) is 0 Å². The summed E-state index contributed by atoms with van der Waals surface area (Å²) in [5.74, 6) is 0.923. The Morgan fingerprint density at radius 2 is 1.20 bits per heavy atom. The van der Waals surface area contributed by atoms with Gasteiger partial charge in [-0.1, -0.05) is 0 Å². The van der Waals surface area contributed by atoms with Crippen molar-refractivity contribution in [2.45, 2.75) is 31.7 Å². The average molecular weight is 352 g/mol. The molecule has 0 spiro atoms. The van der Waals surface area contributed by atoms with Crippen molar-refractivity contribution < 1.29 is 0 Å². The molecule has 25 heavy (non-hydrogen) atoms. The summed E-state index contributed by atoms with van der Waals surface area (Å²) in [6, 6.07) is 0.829. The van der Waals surface area contributed by atoms with E-state index in [-0.39, 0.29) is 0 Å². The molecule has 3 fully saturated rings. The number of likely N-dealkylation sites (N-methyl/N-ethyl adjacent to an activating group) is 2. The fourth-order valence-corrected chi connectivity index (χ4v) is 4.88. The van der Waals surface area contributed by atoms with Crippen molar-refractivity contribution in [3.05, 3.63) is 0 Å². The van der Waals surface area contributed by atoms with Crippen LogP contribution in [0.1, 0.15) is 25.7 Å². The van der Waals surface area contributed by atoms with Gasteiger partial charge < -0.3 is 19.6 Å². The van der Waals surface area contributed by atoms with Crippen molar-refractivity contribution >= 4 is 0 Å². The predicted molar refractivity (Wildman–Crippen MR) is 106 cm³/mol. The molecular weight excluding hydrogens is 310 g/mol. The predicted octanol–water partition coefficient (Wildman–Crippen LogP) is 0.972. The van der Waals surface area contributed by atoms with Crippen LogP contribution in [0.4, 0.5) is 0 Å². The molecule has 3 heterocycles. The first-order chi connectivity index (χ1) is 12.1. The maximum absolute atomic E-state index is 2.85. The SMILES string of the molecule is CN1CCC(C(CCCN2CCN(C)CC2)N2CCN(C)CC2)CC1. The van der Waals surface area contributed by atoms with Gasteiger partial charge in [0.1, 0.15) is 0 Å². The van der Waals surface area contributed by atoms with Crippen LogP contribution in [0.25, 0.3) is 0 Å². The minimum absolute atomic E-state index is 0.829. The summed E-state index contributed by atoms with van der Waals surface area (Å²) < 4.78 is 0. The first-order valence-corrected chi connectivity index (χ1v) is 10.6. The molecule has 0 aromatic carbocycles. The number of likely N-dealkylation sites (tertiary alicyclic amines) is 1. The lowest BCUT2D eigenvalue weighted by atomic mass is 9.85. The van der Waals surface area contributed by atoms with Crippen LogP contribution in [0.2, 0.25) is 0 Å². The molecule has 0 N–H and O–H groups in total. The van der Waals surface area contributed by atoms with Gasteiger partial charge in [0.05, 0.1) is 0 Å². The molecule has 0 amide bonds. The molecule has 0 aromatic heterocycles. The second-order valence-electron chi connectivity index (χ2n) is 8.83. The maximum Gasteiger partial charge on any atom is 0.0126 e. The second kappa shape index (κ2) is 9.65. The van der Waals surface area contributed by atoms with Gasteiger partial charge >= 0.3 is 0 Å². The van der Waals surface area contributed by atoms with Gasteiger partial charge in [0.25, 0.3) is 0 Å². The first kappa shape index (κ1) is 19.6. The Bertz CT molecular complexity index is 344. The van der Waals surface area contributed by atoms with Gasteiger partial charge in [-0.2, -0.15) is 0 Å². The molecular formula is C20H41N5. The van der Waals surface area contributed by atoms with Crippen LogP contribution in [0.15, 0.2) is 0 Å². The molecule has 1 unspecified atom stereocenters. The van der Waals surface area contributed by atoms with E-state index >= 15 is 0 Å². The Hall–Kier alpha value is -0.200. The van der Waals surface area contributed by atoms with Crippen molar-refractivity contribution in [1.82, 2.24) is 24.5 Å². The molecule has 0 bridgehead atoms. The quantitative estimate of drug-likeness (QED) is 0.707. The summed E-state index contributed by atoms with van der Waals surface area (Å²) >= 11 is 0. The first-order valence-electron chi connectivity index (χ1n) is 10.6. The molecule has 0 aromatic rings. The zero-order valence-electron chi connectivity index (χ0n) is 17.0. The summed E-state index contributed by atoms with van der Waals surface area (Å²) in [6.45, 7) is 14.0. The van der Waals surface area contributed by atoms with Crippen LogP contribution >= 0.6 is 0 Å². The number of piperazine rings is 2. The topological polar surface area (TPSA) is 16.2 Å². The minimum Gasteiger partial charge on any atom is -0.306 e. The fourth-order valence-electron chi connectivity index (χ4n) is 4.88. The summed E-state index contributed by atoms with van der Waals surface area (Å²) in [6.07, 6.45) is 5.60. The molecule has 5 nitrogen and oxygen atoms in total. The summed E-state index contributed by atoms with van der Waals surface area (Å²) in [5.41, 5.74) is 0. The molecule has 3 aliphatic heterocycles. The summed E-state index contributed by atoms with van der Waals surface area (Å²) in [4.78, 5) is 13.0. The van der Waals surface area contributed by atoms with E-state index in [9.17, 15) is 0 Å². The number of nitrogens with zero attached hydrogens (tertiary/aromatic N) is 5. The van der Waals surface area contributed by atoms with E-state index in [1.54, 1.807) is 0 Å². The normalized spacial score (nSPS) is 28.4. The van der Waals surface area contributed by atoms with Crippen LogP contribution in [-0.2, 0) is 0 Å². The molecule has 3 rings (SSSR count). The van der Waals surface area contributed by atoms with E-state index < -0.39 is 0 Å². The highest BCUT2D eigenvalue weighted by molar-refractivity contribution is 4.86. The standard InChI is InChI=1S/C20H41N5/c1-21-9-6-19(7-10-21)20(25-17-13-23(3)14-18-25)5-4-8-24-15-11-22(2)12-16-24/h19-20H,4-18H2,1-3H3. The lowest BCUT2D eigenvalue weighted by molar-refractivity contribution is 0.0486. The largest absolute Gasteiger partial charge is 0.306 e. The lowest BCUT2D eigenvalue weighted by Gasteiger charge is -2.44. The van der Waals surface area contributed by atoms with E-state index in [1.165, 1.54) is 97.7 Å². The summed E-state index contributed by atoms with van der Waals surface area (Å²) in [5, 5.41) is 0. The Kier molecular flexibility index (Phi) is 7.55. The third kappa shape index (κ3) is 5.90. The second-order valence-corrected chi connectivity index (χ2v) is 8.83.